The molecule has 0 aromatic heterocycles. The van der Waals surface area contributed by atoms with Crippen molar-refractivity contribution >= 4 is 33.1 Å². The number of benzene rings is 2. The third kappa shape index (κ3) is 4.25. The Hall–Kier alpha value is -2.67. The number of carbonyl (C=O) groups is 2. The fourth-order valence-corrected chi connectivity index (χ4v) is 7.43. The van der Waals surface area contributed by atoms with Crippen LogP contribution in [0, 0.1) is 11.3 Å². The lowest BCUT2D eigenvalue weighted by atomic mass is 9.66. The van der Waals surface area contributed by atoms with Crippen molar-refractivity contribution in [1.29, 1.82) is 0 Å². The highest BCUT2D eigenvalue weighted by atomic mass is 32.2. The van der Waals surface area contributed by atoms with Crippen molar-refractivity contribution in [3.8, 4) is 0 Å². The van der Waals surface area contributed by atoms with Crippen LogP contribution in [-0.2, 0) is 15.4 Å². The summed E-state index contributed by atoms with van der Waals surface area (Å²) in [5.41, 5.74) is 3.97. The van der Waals surface area contributed by atoms with E-state index in [2.05, 4.69) is 4.72 Å². The Labute approximate surface area is 213 Å². The van der Waals surface area contributed by atoms with Gasteiger partial charge in [0.25, 0.3) is 5.91 Å². The molecule has 1 N–H and O–H groups in total. The van der Waals surface area contributed by atoms with Gasteiger partial charge in [0.1, 0.15) is 0 Å². The molecule has 0 atom stereocenters. The predicted octanol–water partition coefficient (Wildman–Crippen LogP) is 5.68. The van der Waals surface area contributed by atoms with Crippen molar-refractivity contribution in [2.75, 3.05) is 22.4 Å². The Balaban J connectivity index is 1.33. The molecule has 0 radical (unpaired) electrons. The quantitative estimate of drug-likeness (QED) is 0.529. The van der Waals surface area contributed by atoms with Crippen molar-refractivity contribution < 1.29 is 18.0 Å². The van der Waals surface area contributed by atoms with Crippen LogP contribution >= 0.6 is 0 Å². The Morgan fingerprint density at radius 3 is 2.25 bits per heavy atom. The van der Waals surface area contributed by atoms with Gasteiger partial charge in [-0.15, -0.1) is 0 Å². The third-order valence-electron chi connectivity index (χ3n) is 9.21. The fourth-order valence-electron chi connectivity index (χ4n) is 6.88. The Kier molecular flexibility index (Phi) is 5.56. The monoisotopic (exact) mass is 506 g/mol. The average molecular weight is 507 g/mol. The van der Waals surface area contributed by atoms with E-state index in [9.17, 15) is 18.0 Å². The number of rotatable bonds is 5. The summed E-state index contributed by atoms with van der Waals surface area (Å²) < 4.78 is 26.4. The standard InChI is InChI=1S/C29H34N2O4S/c1-36(34,35)30-23-9-10-25-24(18-23)29(15-13-28(11-12-28)14-16-29)19-31(25)27(33)22-8-4-7-21(17-22)26(32)20-5-2-3-6-20/h4,7-10,17-18,20,30H,2-3,5-6,11-16,19H2,1H3. The predicted molar refractivity (Wildman–Crippen MR) is 141 cm³/mol. The average Bonchev–Trinajstić information content (AvgIpc) is 3.27. The summed E-state index contributed by atoms with van der Waals surface area (Å²) in [4.78, 5) is 28.8. The van der Waals surface area contributed by atoms with Gasteiger partial charge in [0.05, 0.1) is 6.26 Å². The third-order valence-corrected chi connectivity index (χ3v) is 9.82. The van der Waals surface area contributed by atoms with Crippen molar-refractivity contribution in [3.05, 3.63) is 59.2 Å². The van der Waals surface area contributed by atoms with Crippen LogP contribution in [0.5, 0.6) is 0 Å². The number of Topliss-reactive ketones (excluding diaryl/α,β-unsaturated/α-hetero) is 1. The minimum absolute atomic E-state index is 0.0730. The molecule has 7 heteroatoms. The largest absolute Gasteiger partial charge is 0.307 e. The van der Waals surface area contributed by atoms with Crippen LogP contribution in [0.2, 0.25) is 0 Å². The maximum absolute atomic E-state index is 13.9. The molecule has 3 aliphatic carbocycles. The molecule has 1 aliphatic heterocycles. The molecule has 0 saturated heterocycles. The number of hydrogen-bond acceptors (Lipinski definition) is 4. The minimum Gasteiger partial charge on any atom is -0.307 e. The summed E-state index contributed by atoms with van der Waals surface area (Å²) in [6.45, 7) is 0.598. The van der Waals surface area contributed by atoms with Crippen LogP contribution in [0.15, 0.2) is 42.5 Å². The first kappa shape index (κ1) is 23.7. The molecular weight excluding hydrogens is 472 g/mol. The molecule has 0 unspecified atom stereocenters. The Morgan fingerprint density at radius 1 is 0.917 bits per heavy atom. The first-order valence-electron chi connectivity index (χ1n) is 13.3. The van der Waals surface area contributed by atoms with Gasteiger partial charge >= 0.3 is 0 Å². The van der Waals surface area contributed by atoms with Crippen molar-refractivity contribution in [3.63, 3.8) is 0 Å². The molecule has 2 aromatic rings. The van der Waals surface area contributed by atoms with Gasteiger partial charge in [0.15, 0.2) is 5.78 Å². The minimum atomic E-state index is -3.40. The first-order valence-corrected chi connectivity index (χ1v) is 15.1. The van der Waals surface area contributed by atoms with E-state index < -0.39 is 10.0 Å². The van der Waals surface area contributed by atoms with Crippen molar-refractivity contribution in [1.82, 2.24) is 0 Å². The van der Waals surface area contributed by atoms with E-state index in [1.165, 1.54) is 12.8 Å². The van der Waals surface area contributed by atoms with Crippen LogP contribution in [0.3, 0.4) is 0 Å². The fraction of sp³-hybridized carbons (Fsp3) is 0.517. The smallest absolute Gasteiger partial charge is 0.258 e. The molecular formula is C29H34N2O4S. The summed E-state index contributed by atoms with van der Waals surface area (Å²) in [5.74, 6) is 0.132. The maximum atomic E-state index is 13.9. The number of carbonyl (C=O) groups excluding carboxylic acids is 2. The van der Waals surface area contributed by atoms with Gasteiger partial charge in [-0.3, -0.25) is 14.3 Å². The molecule has 1 amide bonds. The molecule has 6 nitrogen and oxygen atoms in total. The van der Waals surface area contributed by atoms with Gasteiger partial charge in [0.2, 0.25) is 10.0 Å². The van der Waals surface area contributed by atoms with Gasteiger partial charge < -0.3 is 4.90 Å². The van der Waals surface area contributed by atoms with Crippen LogP contribution < -0.4 is 9.62 Å². The molecule has 3 saturated carbocycles. The lowest BCUT2D eigenvalue weighted by Gasteiger charge is -2.38. The Bertz CT molecular complexity index is 1330. The molecule has 2 spiro atoms. The number of ketones is 1. The zero-order chi connectivity index (χ0) is 25.1. The van der Waals surface area contributed by atoms with E-state index in [0.717, 1.165) is 68.9 Å². The summed E-state index contributed by atoms with van der Waals surface area (Å²) >= 11 is 0. The van der Waals surface area contributed by atoms with Crippen LogP contribution in [0.25, 0.3) is 0 Å². The summed E-state index contributed by atoms with van der Waals surface area (Å²) in [6.07, 6.45) is 12.1. The highest BCUT2D eigenvalue weighted by molar-refractivity contribution is 7.92. The number of nitrogens with one attached hydrogen (secondary N) is 1. The number of nitrogens with zero attached hydrogens (tertiary/aromatic N) is 1. The molecule has 3 fully saturated rings. The molecule has 0 bridgehead atoms. The van der Waals surface area contributed by atoms with E-state index in [-0.39, 0.29) is 23.0 Å². The van der Waals surface area contributed by atoms with Gasteiger partial charge in [-0.2, -0.15) is 0 Å². The summed E-state index contributed by atoms with van der Waals surface area (Å²) in [7, 11) is -3.40. The highest BCUT2D eigenvalue weighted by Crippen LogP contribution is 2.62. The van der Waals surface area contributed by atoms with E-state index in [0.29, 0.717) is 28.8 Å². The van der Waals surface area contributed by atoms with Crippen LogP contribution in [0.1, 0.15) is 90.5 Å². The lowest BCUT2D eigenvalue weighted by Crippen LogP contribution is -2.40. The first-order chi connectivity index (χ1) is 17.2. The molecule has 2 aromatic carbocycles. The van der Waals surface area contributed by atoms with E-state index >= 15 is 0 Å². The second kappa shape index (κ2) is 8.44. The second-order valence-corrected chi connectivity index (χ2v) is 13.5. The number of fused-ring (bicyclic) bond motifs is 2. The van der Waals surface area contributed by atoms with E-state index in [4.69, 9.17) is 0 Å². The van der Waals surface area contributed by atoms with Crippen molar-refractivity contribution in [2.45, 2.75) is 69.6 Å². The lowest BCUT2D eigenvalue weighted by molar-refractivity contribution is 0.0923. The molecule has 190 valence electrons. The second-order valence-electron chi connectivity index (χ2n) is 11.7. The SMILES string of the molecule is CS(=O)(=O)Nc1ccc2c(c1)C1(CCC3(CC3)CC1)CN2C(=O)c1cccc(C(=O)C2CCCC2)c1. The molecule has 4 aliphatic rings. The molecule has 6 rings (SSSR count). The topological polar surface area (TPSA) is 83.6 Å². The molecule has 36 heavy (non-hydrogen) atoms. The highest BCUT2D eigenvalue weighted by Gasteiger charge is 2.53. The van der Waals surface area contributed by atoms with Gasteiger partial charge in [-0.25, -0.2) is 8.42 Å². The van der Waals surface area contributed by atoms with Crippen LogP contribution in [-0.4, -0.2) is 32.9 Å². The van der Waals surface area contributed by atoms with Crippen LogP contribution in [0.4, 0.5) is 11.4 Å². The summed E-state index contributed by atoms with van der Waals surface area (Å²) in [5, 5.41) is 0. The van der Waals surface area contributed by atoms with E-state index in [1.54, 1.807) is 18.2 Å². The number of hydrogen-bond donors (Lipinski definition) is 1. The van der Waals surface area contributed by atoms with E-state index in [1.807, 2.05) is 29.2 Å². The number of anilines is 2. The number of sulfonamides is 1. The maximum Gasteiger partial charge on any atom is 0.258 e. The zero-order valence-corrected chi connectivity index (χ0v) is 21.7. The zero-order valence-electron chi connectivity index (χ0n) is 20.9. The van der Waals surface area contributed by atoms with Gasteiger partial charge in [-0.05, 0) is 92.7 Å². The normalized spacial score (nSPS) is 22.1. The van der Waals surface area contributed by atoms with Gasteiger partial charge in [-0.1, -0.05) is 25.0 Å². The Morgan fingerprint density at radius 2 is 1.58 bits per heavy atom. The van der Waals surface area contributed by atoms with Crippen molar-refractivity contribution in [2.24, 2.45) is 11.3 Å². The van der Waals surface area contributed by atoms with Gasteiger partial charge in [0, 0.05) is 40.4 Å². The molecule has 1 heterocycles. The summed E-state index contributed by atoms with van der Waals surface area (Å²) in [6, 6.07) is 12.8. The number of amides is 1.